The summed E-state index contributed by atoms with van der Waals surface area (Å²) in [5.74, 6) is -0.640. The third-order valence-corrected chi connectivity index (χ3v) is 5.62. The first-order valence-electron chi connectivity index (χ1n) is 7.97. The van der Waals surface area contributed by atoms with Gasteiger partial charge in [-0.3, -0.25) is 4.79 Å². The molecule has 0 unspecified atom stereocenters. The summed E-state index contributed by atoms with van der Waals surface area (Å²) in [5.41, 5.74) is 3.49. The van der Waals surface area contributed by atoms with Crippen molar-refractivity contribution in [2.24, 2.45) is 5.10 Å². The van der Waals surface area contributed by atoms with E-state index in [1.54, 1.807) is 6.07 Å². The summed E-state index contributed by atoms with van der Waals surface area (Å²) in [6, 6.07) is 14.8. The Labute approximate surface area is 171 Å². The Morgan fingerprint density at radius 3 is 2.57 bits per heavy atom. The zero-order valence-corrected chi connectivity index (χ0v) is 16.6. The van der Waals surface area contributed by atoms with Gasteiger partial charge in [0.1, 0.15) is 5.15 Å². The van der Waals surface area contributed by atoms with Gasteiger partial charge in [-0.15, -0.1) is 0 Å². The summed E-state index contributed by atoms with van der Waals surface area (Å²) in [6.45, 7) is -0.480. The molecule has 1 heterocycles. The zero-order chi connectivity index (χ0) is 20.1. The van der Waals surface area contributed by atoms with E-state index in [-0.39, 0.29) is 10.0 Å². The molecule has 3 rings (SSSR count). The first-order chi connectivity index (χ1) is 13.3. The van der Waals surface area contributed by atoms with E-state index in [2.05, 4.69) is 20.2 Å². The van der Waals surface area contributed by atoms with Crippen LogP contribution in [0.3, 0.4) is 0 Å². The lowest BCUT2D eigenvalue weighted by Gasteiger charge is -2.06. The van der Waals surface area contributed by atoms with Gasteiger partial charge < -0.3 is 0 Å². The molecule has 0 saturated heterocycles. The minimum atomic E-state index is -3.83. The third kappa shape index (κ3) is 5.05. The van der Waals surface area contributed by atoms with Crippen molar-refractivity contribution in [1.82, 2.24) is 15.1 Å². The van der Waals surface area contributed by atoms with Crippen molar-refractivity contribution < 1.29 is 13.2 Å². The number of fused-ring (bicyclic) bond motifs is 1. The quantitative estimate of drug-likeness (QED) is 0.352. The highest BCUT2D eigenvalue weighted by atomic mass is 35.5. The number of carbonyl (C=O) groups is 1. The highest BCUT2D eigenvalue weighted by molar-refractivity contribution is 7.89. The Morgan fingerprint density at radius 2 is 1.82 bits per heavy atom. The van der Waals surface area contributed by atoms with Crippen molar-refractivity contribution in [1.29, 1.82) is 0 Å². The van der Waals surface area contributed by atoms with Crippen LogP contribution in [-0.4, -0.2) is 32.1 Å². The molecule has 1 amide bonds. The fraction of sp³-hybridized carbons (Fsp3) is 0.0556. The van der Waals surface area contributed by atoms with Gasteiger partial charge in [-0.2, -0.15) is 5.10 Å². The van der Waals surface area contributed by atoms with Crippen LogP contribution in [0.2, 0.25) is 10.2 Å². The number of halogens is 2. The van der Waals surface area contributed by atoms with Gasteiger partial charge >= 0.3 is 0 Å². The number of hydrogen-bond donors (Lipinski definition) is 2. The van der Waals surface area contributed by atoms with Crippen LogP contribution in [0, 0.1) is 0 Å². The lowest BCUT2D eigenvalue weighted by Crippen LogP contribution is -2.34. The molecule has 0 aliphatic heterocycles. The van der Waals surface area contributed by atoms with Gasteiger partial charge in [0.2, 0.25) is 10.0 Å². The molecule has 1 aromatic heterocycles. The van der Waals surface area contributed by atoms with Gasteiger partial charge in [-0.05, 0) is 36.4 Å². The van der Waals surface area contributed by atoms with Crippen LogP contribution in [0.5, 0.6) is 0 Å². The second kappa shape index (κ2) is 8.66. The topological polar surface area (TPSA) is 101 Å². The number of carbonyl (C=O) groups excluding carboxylic acids is 1. The number of nitrogens with one attached hydrogen (secondary N) is 2. The molecule has 0 aliphatic rings. The largest absolute Gasteiger partial charge is 0.272 e. The van der Waals surface area contributed by atoms with E-state index < -0.39 is 22.5 Å². The van der Waals surface area contributed by atoms with Gasteiger partial charge in [0.05, 0.1) is 23.2 Å². The van der Waals surface area contributed by atoms with Crippen LogP contribution in [0.4, 0.5) is 0 Å². The number of para-hydroxylation sites is 1. The molecule has 2 aromatic carbocycles. The van der Waals surface area contributed by atoms with E-state index in [1.807, 2.05) is 24.3 Å². The molecule has 3 aromatic rings. The van der Waals surface area contributed by atoms with Crippen LogP contribution >= 0.6 is 23.2 Å². The molecular weight excluding hydrogens is 423 g/mol. The van der Waals surface area contributed by atoms with Gasteiger partial charge in [0, 0.05) is 16.0 Å². The van der Waals surface area contributed by atoms with E-state index in [0.717, 1.165) is 10.9 Å². The molecule has 10 heteroatoms. The Hall–Kier alpha value is -2.52. The molecule has 0 aliphatic carbocycles. The lowest BCUT2D eigenvalue weighted by atomic mass is 10.2. The second-order valence-corrected chi connectivity index (χ2v) is 8.19. The van der Waals surface area contributed by atoms with E-state index in [1.165, 1.54) is 30.5 Å². The minimum absolute atomic E-state index is 0.00206. The third-order valence-electron chi connectivity index (χ3n) is 3.64. The van der Waals surface area contributed by atoms with Crippen molar-refractivity contribution >= 4 is 56.2 Å². The average molecular weight is 437 g/mol. The highest BCUT2D eigenvalue weighted by Gasteiger charge is 2.15. The van der Waals surface area contributed by atoms with Crippen molar-refractivity contribution in [3.8, 4) is 0 Å². The predicted molar refractivity (Wildman–Crippen MR) is 109 cm³/mol. The number of amides is 1. The van der Waals surface area contributed by atoms with Crippen LogP contribution in [0.15, 0.2) is 64.6 Å². The molecular formula is C18H14Cl2N4O3S. The molecule has 2 N–H and O–H groups in total. The Balaban J connectivity index is 1.60. The maximum Gasteiger partial charge on any atom is 0.255 e. The first-order valence-corrected chi connectivity index (χ1v) is 10.2. The Kier molecular flexibility index (Phi) is 6.25. The molecule has 0 atom stereocenters. The fourth-order valence-electron chi connectivity index (χ4n) is 2.27. The molecule has 28 heavy (non-hydrogen) atoms. The van der Waals surface area contributed by atoms with Gasteiger partial charge in [0.15, 0.2) is 0 Å². The number of hydrogen-bond acceptors (Lipinski definition) is 5. The second-order valence-electron chi connectivity index (χ2n) is 5.63. The van der Waals surface area contributed by atoms with E-state index in [4.69, 9.17) is 23.2 Å². The van der Waals surface area contributed by atoms with Crippen molar-refractivity contribution in [2.45, 2.75) is 4.90 Å². The van der Waals surface area contributed by atoms with Gasteiger partial charge in [0.25, 0.3) is 5.91 Å². The average Bonchev–Trinajstić information content (AvgIpc) is 2.67. The smallest absolute Gasteiger partial charge is 0.255 e. The summed E-state index contributed by atoms with van der Waals surface area (Å²) in [4.78, 5) is 16.1. The number of sulfonamides is 1. The van der Waals surface area contributed by atoms with E-state index in [9.17, 15) is 13.2 Å². The number of aromatic nitrogens is 1. The van der Waals surface area contributed by atoms with Crippen molar-refractivity contribution in [3.05, 3.63) is 70.3 Å². The molecule has 0 spiro atoms. The molecule has 144 valence electrons. The molecule has 0 radical (unpaired) electrons. The summed E-state index contributed by atoms with van der Waals surface area (Å²) in [7, 11) is -3.83. The Bertz CT molecular complexity index is 1150. The summed E-state index contributed by atoms with van der Waals surface area (Å²) in [5, 5.41) is 5.31. The first kappa shape index (κ1) is 20.2. The van der Waals surface area contributed by atoms with Crippen LogP contribution in [0.25, 0.3) is 10.9 Å². The summed E-state index contributed by atoms with van der Waals surface area (Å²) < 4.78 is 26.4. The number of pyridine rings is 1. The van der Waals surface area contributed by atoms with Crippen LogP contribution in [-0.2, 0) is 14.8 Å². The van der Waals surface area contributed by atoms with Gasteiger partial charge in [-0.25, -0.2) is 23.5 Å². The summed E-state index contributed by atoms with van der Waals surface area (Å²) >= 11 is 11.8. The van der Waals surface area contributed by atoms with Crippen LogP contribution < -0.4 is 10.1 Å². The standard InChI is InChI=1S/C18H14Cl2N4O3S/c19-14-5-7-15(8-6-14)28(26,27)22-11-17(25)24-21-10-13-9-12-3-1-2-4-16(12)23-18(13)20/h1-10,22H,11H2,(H,24,25). The molecule has 0 saturated carbocycles. The molecule has 7 nitrogen and oxygen atoms in total. The maximum absolute atomic E-state index is 12.1. The normalized spacial score (nSPS) is 11.8. The lowest BCUT2D eigenvalue weighted by molar-refractivity contribution is -0.119. The van der Waals surface area contributed by atoms with Crippen LogP contribution in [0.1, 0.15) is 5.56 Å². The maximum atomic E-state index is 12.1. The minimum Gasteiger partial charge on any atom is -0.272 e. The number of nitrogens with zero attached hydrogens (tertiary/aromatic N) is 2. The van der Waals surface area contributed by atoms with Gasteiger partial charge in [-0.1, -0.05) is 41.4 Å². The number of hydrazone groups is 1. The molecule has 0 fully saturated rings. The highest BCUT2D eigenvalue weighted by Crippen LogP contribution is 2.19. The predicted octanol–water partition coefficient (Wildman–Crippen LogP) is 2.97. The zero-order valence-electron chi connectivity index (χ0n) is 14.3. The monoisotopic (exact) mass is 436 g/mol. The SMILES string of the molecule is O=C(CNS(=O)(=O)c1ccc(Cl)cc1)NN=Cc1cc2ccccc2nc1Cl. The van der Waals surface area contributed by atoms with Crippen molar-refractivity contribution in [3.63, 3.8) is 0 Å². The van der Waals surface area contributed by atoms with E-state index in [0.29, 0.717) is 10.6 Å². The fourth-order valence-corrected chi connectivity index (χ4v) is 3.57. The summed E-state index contributed by atoms with van der Waals surface area (Å²) in [6.07, 6.45) is 1.34. The van der Waals surface area contributed by atoms with E-state index >= 15 is 0 Å². The molecule has 0 bridgehead atoms. The Morgan fingerprint density at radius 1 is 1.11 bits per heavy atom. The van der Waals surface area contributed by atoms with Crippen molar-refractivity contribution in [2.75, 3.05) is 6.54 Å². The number of rotatable bonds is 6. The number of benzene rings is 2.